The Kier molecular flexibility index (Phi) is 4.90. The van der Waals surface area contributed by atoms with Crippen LogP contribution in [-0.2, 0) is 10.0 Å². The van der Waals surface area contributed by atoms with Crippen LogP contribution in [0.1, 0.15) is 6.42 Å². The molecular formula is C13H20N2O4S2. The number of nitrogens with two attached hydrogens (primary N) is 1. The van der Waals surface area contributed by atoms with Crippen molar-refractivity contribution in [3.63, 3.8) is 0 Å². The molecule has 1 aromatic carbocycles. The third-order valence-corrected chi connectivity index (χ3v) is 6.67. The van der Waals surface area contributed by atoms with Gasteiger partial charge in [-0.25, -0.2) is 8.42 Å². The highest BCUT2D eigenvalue weighted by Gasteiger charge is 2.33. The molecule has 0 bridgehead atoms. The van der Waals surface area contributed by atoms with Crippen molar-refractivity contribution >= 4 is 27.5 Å². The number of anilines is 1. The minimum absolute atomic E-state index is 0.00744. The zero-order valence-corrected chi connectivity index (χ0v) is 14.0. The molecule has 6 nitrogen and oxygen atoms in total. The molecule has 2 N–H and O–H groups in total. The van der Waals surface area contributed by atoms with Gasteiger partial charge in [0.2, 0.25) is 10.0 Å². The predicted molar refractivity (Wildman–Crippen MR) is 84.6 cm³/mol. The van der Waals surface area contributed by atoms with Crippen molar-refractivity contribution < 1.29 is 17.9 Å². The summed E-state index contributed by atoms with van der Waals surface area (Å²) in [7, 11) is 0.849. The number of ether oxygens (including phenoxy) is 2. The molecule has 2 rings (SSSR count). The van der Waals surface area contributed by atoms with Crippen molar-refractivity contribution in [2.45, 2.75) is 17.4 Å². The van der Waals surface area contributed by atoms with Crippen LogP contribution in [0.15, 0.2) is 17.0 Å². The summed E-state index contributed by atoms with van der Waals surface area (Å²) in [5.74, 6) is 2.42. The molecule has 1 fully saturated rings. The Morgan fingerprint density at radius 1 is 1.29 bits per heavy atom. The molecule has 1 atom stereocenters. The number of methoxy groups -OCH3 is 2. The number of hydrogen-bond acceptors (Lipinski definition) is 6. The van der Waals surface area contributed by atoms with Crippen LogP contribution in [0.3, 0.4) is 0 Å². The lowest BCUT2D eigenvalue weighted by molar-refractivity contribution is 0.374. The van der Waals surface area contributed by atoms with Crippen LogP contribution >= 0.6 is 11.8 Å². The molecule has 1 aliphatic heterocycles. The van der Waals surface area contributed by atoms with E-state index < -0.39 is 10.0 Å². The molecule has 1 unspecified atom stereocenters. The van der Waals surface area contributed by atoms with Gasteiger partial charge in [-0.05, 0) is 18.2 Å². The van der Waals surface area contributed by atoms with E-state index in [1.165, 1.54) is 30.7 Å². The summed E-state index contributed by atoms with van der Waals surface area (Å²) < 4.78 is 37.3. The van der Waals surface area contributed by atoms with Crippen molar-refractivity contribution in [1.29, 1.82) is 0 Å². The van der Waals surface area contributed by atoms with Gasteiger partial charge in [0.25, 0.3) is 0 Å². The number of rotatable bonds is 5. The van der Waals surface area contributed by atoms with Crippen LogP contribution in [0.2, 0.25) is 0 Å². The quantitative estimate of drug-likeness (QED) is 0.821. The fourth-order valence-electron chi connectivity index (χ4n) is 2.26. The lowest BCUT2D eigenvalue weighted by Gasteiger charge is -2.24. The number of benzene rings is 1. The Balaban J connectivity index is 2.45. The first kappa shape index (κ1) is 16.3. The van der Waals surface area contributed by atoms with Crippen LogP contribution in [-0.4, -0.2) is 51.5 Å². The molecule has 0 aromatic heterocycles. The average molecular weight is 332 g/mol. The lowest BCUT2D eigenvalue weighted by atomic mass is 10.3. The monoisotopic (exact) mass is 332 g/mol. The Morgan fingerprint density at radius 3 is 2.48 bits per heavy atom. The van der Waals surface area contributed by atoms with Crippen LogP contribution in [0.25, 0.3) is 0 Å². The number of nitrogens with zero attached hydrogens (tertiary/aromatic N) is 1. The zero-order chi connectivity index (χ0) is 15.6. The fourth-order valence-corrected chi connectivity index (χ4v) is 5.17. The van der Waals surface area contributed by atoms with E-state index in [1.54, 1.807) is 18.8 Å². The maximum atomic E-state index is 12.8. The minimum Gasteiger partial charge on any atom is -0.495 e. The zero-order valence-electron chi connectivity index (χ0n) is 12.3. The summed E-state index contributed by atoms with van der Waals surface area (Å²) in [6.45, 7) is 0. The van der Waals surface area contributed by atoms with Crippen LogP contribution in [0.5, 0.6) is 11.5 Å². The van der Waals surface area contributed by atoms with E-state index in [1.807, 2.05) is 0 Å². The van der Waals surface area contributed by atoms with Crippen molar-refractivity contribution in [2.24, 2.45) is 0 Å². The van der Waals surface area contributed by atoms with Crippen molar-refractivity contribution in [1.82, 2.24) is 4.31 Å². The van der Waals surface area contributed by atoms with Gasteiger partial charge in [-0.15, -0.1) is 0 Å². The van der Waals surface area contributed by atoms with Crippen LogP contribution in [0.4, 0.5) is 5.69 Å². The summed E-state index contributed by atoms with van der Waals surface area (Å²) in [5.41, 5.74) is 6.11. The molecule has 1 heterocycles. The van der Waals surface area contributed by atoms with Gasteiger partial charge in [0.05, 0.1) is 19.9 Å². The lowest BCUT2D eigenvalue weighted by Crippen LogP contribution is -2.37. The van der Waals surface area contributed by atoms with Gasteiger partial charge >= 0.3 is 0 Å². The smallest absolute Gasteiger partial charge is 0.246 e. The van der Waals surface area contributed by atoms with E-state index in [0.29, 0.717) is 5.75 Å². The Morgan fingerprint density at radius 2 is 1.95 bits per heavy atom. The minimum atomic E-state index is -3.65. The third-order valence-electron chi connectivity index (χ3n) is 3.59. The first-order chi connectivity index (χ1) is 9.91. The maximum absolute atomic E-state index is 12.8. The van der Waals surface area contributed by atoms with Crippen LogP contribution < -0.4 is 15.2 Å². The highest BCUT2D eigenvalue weighted by Crippen LogP contribution is 2.36. The van der Waals surface area contributed by atoms with Gasteiger partial charge in [0.1, 0.15) is 16.4 Å². The Bertz CT molecular complexity index is 613. The van der Waals surface area contributed by atoms with E-state index in [2.05, 4.69) is 0 Å². The second-order valence-electron chi connectivity index (χ2n) is 4.78. The summed E-state index contributed by atoms with van der Waals surface area (Å²) in [6.07, 6.45) is 0.856. The Labute approximate surface area is 129 Å². The van der Waals surface area contributed by atoms with Gasteiger partial charge in [-0.1, -0.05) is 0 Å². The SMILES string of the molecule is COc1cc(OC)c(S(=O)(=O)N(C)C2CCSC2)cc1N. The van der Waals surface area contributed by atoms with E-state index in [9.17, 15) is 8.42 Å². The molecule has 0 radical (unpaired) electrons. The van der Waals surface area contributed by atoms with Crippen molar-refractivity contribution in [2.75, 3.05) is 38.5 Å². The third kappa shape index (κ3) is 3.07. The van der Waals surface area contributed by atoms with Gasteiger partial charge in [0.15, 0.2) is 0 Å². The molecule has 0 spiro atoms. The molecular weight excluding hydrogens is 312 g/mol. The van der Waals surface area contributed by atoms with E-state index >= 15 is 0 Å². The maximum Gasteiger partial charge on any atom is 0.246 e. The van der Waals surface area contributed by atoms with Gasteiger partial charge in [-0.2, -0.15) is 16.1 Å². The molecule has 0 aliphatic carbocycles. The Hall–Kier alpha value is -1.12. The van der Waals surface area contributed by atoms with Gasteiger partial charge in [-0.3, -0.25) is 0 Å². The number of nitrogen functional groups attached to an aromatic ring is 1. The molecule has 0 saturated carbocycles. The topological polar surface area (TPSA) is 81.9 Å². The summed E-state index contributed by atoms with van der Waals surface area (Å²) in [4.78, 5) is 0.0719. The standard InChI is InChI=1S/C13H20N2O4S2/c1-15(9-4-5-20-8-9)21(16,17)13-6-10(14)11(18-2)7-12(13)19-3/h6-7,9H,4-5,8,14H2,1-3H3. The van der Waals surface area contributed by atoms with Gasteiger partial charge < -0.3 is 15.2 Å². The summed E-state index contributed by atoms with van der Waals surface area (Å²) in [6, 6.07) is 2.90. The second-order valence-corrected chi connectivity index (χ2v) is 7.90. The number of sulfonamides is 1. The van der Waals surface area contributed by atoms with E-state index in [0.717, 1.165) is 17.9 Å². The second kappa shape index (κ2) is 6.33. The molecule has 118 valence electrons. The van der Waals surface area contributed by atoms with E-state index in [4.69, 9.17) is 15.2 Å². The molecule has 1 saturated heterocycles. The predicted octanol–water partition coefficient (Wildman–Crippen LogP) is 1.41. The highest BCUT2D eigenvalue weighted by atomic mass is 32.2. The van der Waals surface area contributed by atoms with Crippen molar-refractivity contribution in [3.05, 3.63) is 12.1 Å². The van der Waals surface area contributed by atoms with E-state index in [-0.39, 0.29) is 22.4 Å². The molecule has 8 heteroatoms. The molecule has 21 heavy (non-hydrogen) atoms. The van der Waals surface area contributed by atoms with Gasteiger partial charge in [0, 0.05) is 24.9 Å². The van der Waals surface area contributed by atoms with Crippen LogP contribution in [0, 0.1) is 0 Å². The molecule has 1 aliphatic rings. The highest BCUT2D eigenvalue weighted by molar-refractivity contribution is 7.99. The first-order valence-corrected chi connectivity index (χ1v) is 9.08. The number of thioether (sulfide) groups is 1. The summed E-state index contributed by atoms with van der Waals surface area (Å²) >= 11 is 1.76. The first-order valence-electron chi connectivity index (χ1n) is 6.49. The largest absolute Gasteiger partial charge is 0.495 e. The fraction of sp³-hybridized carbons (Fsp3) is 0.538. The normalized spacial score (nSPS) is 19.0. The molecule has 0 amide bonds. The number of hydrogen-bond donors (Lipinski definition) is 1. The molecule has 1 aromatic rings. The average Bonchev–Trinajstić information content (AvgIpc) is 3.00. The van der Waals surface area contributed by atoms with Crippen molar-refractivity contribution in [3.8, 4) is 11.5 Å². The summed E-state index contributed by atoms with van der Waals surface area (Å²) in [5, 5.41) is 0.